The molecule has 0 saturated carbocycles. The lowest BCUT2D eigenvalue weighted by Crippen LogP contribution is -2.14. The second-order valence-electron chi connectivity index (χ2n) is 16.4. The van der Waals surface area contributed by atoms with Crippen LogP contribution in [-0.2, 0) is 10.8 Å². The fourth-order valence-electron chi connectivity index (χ4n) is 9.17. The second-order valence-corrected chi connectivity index (χ2v) is 16.4. The van der Waals surface area contributed by atoms with Crippen molar-refractivity contribution in [3.05, 3.63) is 214 Å². The van der Waals surface area contributed by atoms with Gasteiger partial charge < -0.3 is 5.73 Å². The van der Waals surface area contributed by atoms with E-state index >= 15 is 0 Å². The average Bonchev–Trinajstić information content (AvgIpc) is 3.63. The maximum atomic E-state index is 11.4. The van der Waals surface area contributed by atoms with Crippen LogP contribution in [0.4, 0.5) is 11.4 Å². The van der Waals surface area contributed by atoms with E-state index < -0.39 is 0 Å². The van der Waals surface area contributed by atoms with Crippen LogP contribution < -0.4 is 5.73 Å². The van der Waals surface area contributed by atoms with Crippen molar-refractivity contribution in [3.8, 4) is 66.8 Å². The van der Waals surface area contributed by atoms with Crippen molar-refractivity contribution in [2.45, 2.75) is 38.5 Å². The smallest absolute Gasteiger partial charge is 0.270 e. The third-order valence-electron chi connectivity index (χ3n) is 12.2. The molecule has 0 radical (unpaired) electrons. The molecule has 4 heteroatoms. The molecule has 58 heavy (non-hydrogen) atoms. The van der Waals surface area contributed by atoms with E-state index in [0.717, 1.165) is 27.9 Å². The molecule has 0 saturated heterocycles. The number of fused-ring (bicyclic) bond motifs is 6. The number of nitro benzene ring substituents is 1. The highest BCUT2D eigenvalue weighted by atomic mass is 16.6. The van der Waals surface area contributed by atoms with Crippen molar-refractivity contribution in [2.75, 3.05) is 5.73 Å². The van der Waals surface area contributed by atoms with E-state index in [4.69, 9.17) is 5.73 Å². The van der Waals surface area contributed by atoms with Crippen LogP contribution in [0.3, 0.4) is 0 Å². The van der Waals surface area contributed by atoms with Crippen LogP contribution in [-0.4, -0.2) is 4.92 Å². The number of non-ortho nitro benzene ring substituents is 1. The average molecular weight is 753 g/mol. The number of nitrogen functional groups attached to an aromatic ring is 1. The molecule has 4 nitrogen and oxygen atoms in total. The van der Waals surface area contributed by atoms with E-state index in [2.05, 4.69) is 149 Å². The van der Waals surface area contributed by atoms with E-state index in [-0.39, 0.29) is 21.4 Å². The maximum Gasteiger partial charge on any atom is 0.270 e. The molecule has 8 aromatic carbocycles. The Morgan fingerprint density at radius 2 is 0.776 bits per heavy atom. The molecule has 0 unspecified atom stereocenters. The van der Waals surface area contributed by atoms with Gasteiger partial charge in [0.25, 0.3) is 5.69 Å². The van der Waals surface area contributed by atoms with Crippen molar-refractivity contribution in [3.63, 3.8) is 0 Å². The molecule has 2 N–H and O–H groups in total. The number of nitrogens with zero attached hydrogens (tertiary/aromatic N) is 1. The summed E-state index contributed by atoms with van der Waals surface area (Å²) in [6, 6.07) is 62.5. The van der Waals surface area contributed by atoms with Crippen molar-refractivity contribution in [2.24, 2.45) is 0 Å². The van der Waals surface area contributed by atoms with E-state index in [1.165, 1.54) is 66.8 Å². The van der Waals surface area contributed by atoms with Crippen LogP contribution in [0.25, 0.3) is 66.8 Å². The predicted octanol–water partition coefficient (Wildman–Crippen LogP) is 14.1. The second kappa shape index (κ2) is 14.2. The molecule has 2 aliphatic carbocycles. The number of anilines is 1. The molecule has 282 valence electrons. The first-order valence-electron chi connectivity index (χ1n) is 19.8. The quantitative estimate of drug-likeness (QED) is 0.108. The van der Waals surface area contributed by atoms with Gasteiger partial charge in [-0.25, -0.2) is 0 Å². The summed E-state index contributed by atoms with van der Waals surface area (Å²) in [4.78, 5) is 11.1. The van der Waals surface area contributed by atoms with Gasteiger partial charge in [-0.1, -0.05) is 167 Å². The number of hydrogen-bond donors (Lipinski definition) is 1. The standard InChI is InChI=1S/C27H21NO2.C27H23N/c1-27(2)25-11-7-6-10-22(25)23-14-12-19(16-26(23)27)21-15-13-20(28(29)30)17-24(21)18-8-4-3-5-9-18;1-27(2)25-11-7-6-10-22(25)23-14-12-19(16-26(23)27)21-15-13-20(28)17-24(21)18-8-4-3-5-9-18/h3-17H,1-2H3;3-17H,28H2,1-2H3. The highest BCUT2D eigenvalue weighted by Crippen LogP contribution is 2.51. The summed E-state index contributed by atoms with van der Waals surface area (Å²) in [6.07, 6.45) is 0. The Hall–Kier alpha value is -7.04. The van der Waals surface area contributed by atoms with Gasteiger partial charge in [-0.05, 0) is 119 Å². The van der Waals surface area contributed by atoms with Crippen LogP contribution in [0.2, 0.25) is 0 Å². The number of rotatable bonds is 5. The number of nitro groups is 1. The van der Waals surface area contributed by atoms with Gasteiger partial charge in [0.15, 0.2) is 0 Å². The third kappa shape index (κ3) is 6.18. The minimum atomic E-state index is -0.335. The van der Waals surface area contributed by atoms with Gasteiger partial charge >= 0.3 is 0 Å². The van der Waals surface area contributed by atoms with Gasteiger partial charge in [0.2, 0.25) is 0 Å². The largest absolute Gasteiger partial charge is 0.399 e. The topological polar surface area (TPSA) is 69.2 Å². The first kappa shape index (κ1) is 36.6. The zero-order chi connectivity index (χ0) is 40.2. The fourth-order valence-corrected chi connectivity index (χ4v) is 9.17. The molecule has 0 amide bonds. The van der Waals surface area contributed by atoms with Crippen LogP contribution in [0.1, 0.15) is 49.9 Å². The number of hydrogen-bond acceptors (Lipinski definition) is 3. The van der Waals surface area contributed by atoms with Gasteiger partial charge in [-0.3, -0.25) is 10.1 Å². The van der Waals surface area contributed by atoms with Crippen LogP contribution in [0, 0.1) is 10.1 Å². The molecular weight excluding hydrogens is 709 g/mol. The van der Waals surface area contributed by atoms with Crippen LogP contribution >= 0.6 is 0 Å². The summed E-state index contributed by atoms with van der Waals surface area (Å²) >= 11 is 0. The lowest BCUT2D eigenvalue weighted by molar-refractivity contribution is -0.384. The third-order valence-corrected chi connectivity index (χ3v) is 12.2. The van der Waals surface area contributed by atoms with Crippen molar-refractivity contribution in [1.29, 1.82) is 0 Å². The van der Waals surface area contributed by atoms with Gasteiger partial charge in [0.05, 0.1) is 4.92 Å². The zero-order valence-electron chi connectivity index (χ0n) is 33.2. The molecule has 0 fully saturated rings. The molecular formula is C54H44N2O2. The van der Waals surface area contributed by atoms with Gasteiger partial charge in [-0.15, -0.1) is 0 Å². The molecule has 0 bridgehead atoms. The van der Waals surface area contributed by atoms with Crippen molar-refractivity contribution >= 4 is 11.4 Å². The van der Waals surface area contributed by atoms with Gasteiger partial charge in [-0.2, -0.15) is 0 Å². The lowest BCUT2D eigenvalue weighted by Gasteiger charge is -2.22. The minimum absolute atomic E-state index is 0.00263. The molecule has 0 atom stereocenters. The highest BCUT2D eigenvalue weighted by molar-refractivity contribution is 5.91. The molecule has 0 aromatic heterocycles. The summed E-state index contributed by atoms with van der Waals surface area (Å²) < 4.78 is 0. The Kier molecular flexibility index (Phi) is 8.93. The van der Waals surface area contributed by atoms with Crippen molar-refractivity contribution in [1.82, 2.24) is 0 Å². The molecule has 8 aromatic rings. The Morgan fingerprint density at radius 1 is 0.379 bits per heavy atom. The first-order valence-corrected chi connectivity index (χ1v) is 19.8. The first-order chi connectivity index (χ1) is 28.0. The zero-order valence-corrected chi connectivity index (χ0v) is 33.2. The maximum absolute atomic E-state index is 11.4. The SMILES string of the molecule is CC1(C)c2ccccc2-c2ccc(-c3ccc(N)cc3-c3ccccc3)cc21.CC1(C)c2ccccc2-c2ccc(-c3ccc([N+](=O)[O-])cc3-c3ccccc3)cc21. The fraction of sp³-hybridized carbons (Fsp3) is 0.111. The number of nitrogens with two attached hydrogens (primary N) is 1. The van der Waals surface area contributed by atoms with E-state index in [1.807, 2.05) is 48.5 Å². The minimum Gasteiger partial charge on any atom is -0.399 e. The van der Waals surface area contributed by atoms with Crippen LogP contribution in [0.15, 0.2) is 182 Å². The molecule has 0 spiro atoms. The Balaban J connectivity index is 0.000000151. The Labute approximate surface area is 340 Å². The van der Waals surface area contributed by atoms with E-state index in [1.54, 1.807) is 12.1 Å². The summed E-state index contributed by atoms with van der Waals surface area (Å²) in [5.74, 6) is 0. The Morgan fingerprint density at radius 3 is 1.26 bits per heavy atom. The highest BCUT2D eigenvalue weighted by Gasteiger charge is 2.36. The summed E-state index contributed by atoms with van der Waals surface area (Å²) in [6.45, 7) is 9.16. The normalized spacial score (nSPS) is 13.7. The van der Waals surface area contributed by atoms with Crippen LogP contribution in [0.5, 0.6) is 0 Å². The molecule has 0 aliphatic heterocycles. The van der Waals surface area contributed by atoms with Gasteiger partial charge in [0, 0.05) is 28.7 Å². The molecule has 10 rings (SSSR count). The predicted molar refractivity (Wildman–Crippen MR) is 241 cm³/mol. The van der Waals surface area contributed by atoms with Crippen molar-refractivity contribution < 1.29 is 4.92 Å². The van der Waals surface area contributed by atoms with E-state index in [0.29, 0.717) is 0 Å². The number of benzene rings is 8. The van der Waals surface area contributed by atoms with Gasteiger partial charge in [0.1, 0.15) is 0 Å². The summed E-state index contributed by atoms with van der Waals surface area (Å²) in [5, 5.41) is 11.4. The summed E-state index contributed by atoms with van der Waals surface area (Å²) in [5.41, 5.74) is 26.4. The monoisotopic (exact) mass is 752 g/mol. The van der Waals surface area contributed by atoms with E-state index in [9.17, 15) is 10.1 Å². The molecule has 2 aliphatic rings. The summed E-state index contributed by atoms with van der Waals surface area (Å²) in [7, 11) is 0. The molecule has 0 heterocycles. The Bertz CT molecular complexity index is 2870. The lowest BCUT2D eigenvalue weighted by atomic mass is 9.81.